The molecule has 0 radical (unpaired) electrons. The molecule has 0 aliphatic rings. The molecule has 1 unspecified atom stereocenters. The summed E-state index contributed by atoms with van der Waals surface area (Å²) in [5.41, 5.74) is 1.80. The van der Waals surface area contributed by atoms with Crippen LogP contribution in [0.15, 0.2) is 30.3 Å². The van der Waals surface area contributed by atoms with Gasteiger partial charge in [-0.3, -0.25) is 0 Å². The van der Waals surface area contributed by atoms with Crippen molar-refractivity contribution in [3.63, 3.8) is 0 Å². The summed E-state index contributed by atoms with van der Waals surface area (Å²) >= 11 is 0. The molecule has 1 atom stereocenters. The van der Waals surface area contributed by atoms with E-state index in [1.807, 2.05) is 0 Å². The molecule has 0 aromatic heterocycles. The van der Waals surface area contributed by atoms with E-state index in [1.54, 1.807) is 0 Å². The van der Waals surface area contributed by atoms with Gasteiger partial charge in [0.25, 0.3) is 0 Å². The third kappa shape index (κ3) is 9.37. The first-order valence-electron chi connectivity index (χ1n) is 10.7. The lowest BCUT2D eigenvalue weighted by molar-refractivity contribution is 0.211. The van der Waals surface area contributed by atoms with Crippen molar-refractivity contribution < 1.29 is 4.43 Å². The lowest BCUT2D eigenvalue weighted by Crippen LogP contribution is -2.44. The van der Waals surface area contributed by atoms with Crippen molar-refractivity contribution in [1.29, 1.82) is 0 Å². The van der Waals surface area contributed by atoms with E-state index in [0.29, 0.717) is 5.41 Å². The van der Waals surface area contributed by atoms with Gasteiger partial charge in [0.15, 0.2) is 8.32 Å². The molecule has 0 aliphatic heterocycles. The minimum atomic E-state index is -1.77. The molecule has 3 nitrogen and oxygen atoms in total. The molecule has 0 aliphatic carbocycles. The van der Waals surface area contributed by atoms with E-state index < -0.39 is 8.32 Å². The van der Waals surface area contributed by atoms with Crippen LogP contribution in [0.3, 0.4) is 0 Å². The maximum absolute atomic E-state index is 6.62. The van der Waals surface area contributed by atoms with Gasteiger partial charge in [-0.05, 0) is 96.6 Å². The van der Waals surface area contributed by atoms with Crippen molar-refractivity contribution in [2.45, 2.75) is 58.2 Å². The molecule has 0 saturated carbocycles. The Morgan fingerprint density at radius 2 is 1.48 bits per heavy atom. The second-order valence-electron chi connectivity index (χ2n) is 9.05. The van der Waals surface area contributed by atoms with Crippen LogP contribution in [0.4, 0.5) is 0 Å². The Morgan fingerprint density at radius 1 is 0.926 bits per heavy atom. The predicted octanol–water partition coefficient (Wildman–Crippen LogP) is 5.14. The molecule has 156 valence electrons. The molecular weight excluding hydrogens is 348 g/mol. The van der Waals surface area contributed by atoms with Crippen LogP contribution in [0.2, 0.25) is 18.1 Å². The van der Waals surface area contributed by atoms with Crippen molar-refractivity contribution >= 4 is 8.32 Å². The molecule has 27 heavy (non-hydrogen) atoms. The Morgan fingerprint density at radius 3 is 1.93 bits per heavy atom. The zero-order chi connectivity index (χ0) is 20.3. The van der Waals surface area contributed by atoms with E-state index in [4.69, 9.17) is 4.43 Å². The summed E-state index contributed by atoms with van der Waals surface area (Å²) in [4.78, 5) is 4.65. The van der Waals surface area contributed by atoms with Gasteiger partial charge in [0.05, 0.1) is 0 Å². The van der Waals surface area contributed by atoms with Crippen molar-refractivity contribution in [3.8, 4) is 0 Å². The second-order valence-corrected chi connectivity index (χ2v) is 13.3. The molecule has 1 rings (SSSR count). The first kappa shape index (κ1) is 24.4. The van der Waals surface area contributed by atoms with Crippen molar-refractivity contribution in [3.05, 3.63) is 35.9 Å². The van der Waals surface area contributed by atoms with Crippen LogP contribution >= 0.6 is 0 Å². The van der Waals surface area contributed by atoms with Gasteiger partial charge in [0.1, 0.15) is 0 Å². The highest BCUT2D eigenvalue weighted by molar-refractivity contribution is 6.73. The Labute approximate surface area is 170 Å². The van der Waals surface area contributed by atoms with E-state index in [2.05, 4.69) is 89.1 Å². The monoisotopic (exact) mass is 392 g/mol. The third-order valence-corrected chi connectivity index (χ3v) is 10.7. The molecule has 0 spiro atoms. The summed E-state index contributed by atoms with van der Waals surface area (Å²) in [6.07, 6.45) is 3.65. The predicted molar refractivity (Wildman–Crippen MR) is 122 cm³/mol. The average molecular weight is 393 g/mol. The van der Waals surface area contributed by atoms with E-state index in [1.165, 1.54) is 36.5 Å². The summed E-state index contributed by atoms with van der Waals surface area (Å²) in [6, 6.07) is 14.7. The number of hydrogen-bond donors (Lipinski definition) is 0. The van der Waals surface area contributed by atoms with Crippen molar-refractivity contribution in [2.24, 2.45) is 5.41 Å². The van der Waals surface area contributed by atoms with Gasteiger partial charge in [-0.25, -0.2) is 0 Å². The smallest absolute Gasteiger partial charge is 0.193 e. The number of hydrogen-bond acceptors (Lipinski definition) is 3. The zero-order valence-electron chi connectivity index (χ0n) is 19.1. The van der Waals surface area contributed by atoms with E-state index in [9.17, 15) is 0 Å². The maximum Gasteiger partial charge on any atom is 0.193 e. The first-order chi connectivity index (χ1) is 12.7. The summed E-state index contributed by atoms with van der Waals surface area (Å²) < 4.78 is 6.62. The molecular formula is C23H44N2OSi. The highest BCUT2D eigenvalue weighted by atomic mass is 28.4. The van der Waals surface area contributed by atoms with Gasteiger partial charge in [-0.2, -0.15) is 0 Å². The first-order valence-corrected chi connectivity index (χ1v) is 13.2. The Balaban J connectivity index is 2.94. The van der Waals surface area contributed by atoms with E-state index >= 15 is 0 Å². The number of nitrogens with zero attached hydrogens (tertiary/aromatic N) is 2. The molecule has 0 fully saturated rings. The van der Waals surface area contributed by atoms with Gasteiger partial charge >= 0.3 is 0 Å². The minimum absolute atomic E-state index is 0.350. The SMILES string of the molecule is CCO[Si](CC)(CCc1ccccc1)CC(C)(CCN(C)C)CCN(C)C. The van der Waals surface area contributed by atoms with Crippen molar-refractivity contribution in [1.82, 2.24) is 9.80 Å². The molecule has 1 aromatic carbocycles. The number of aryl methyl sites for hydroxylation is 1. The van der Waals surface area contributed by atoms with Crippen LogP contribution in [0, 0.1) is 5.41 Å². The highest BCUT2D eigenvalue weighted by Gasteiger charge is 2.40. The van der Waals surface area contributed by atoms with Gasteiger partial charge in [-0.15, -0.1) is 0 Å². The second kappa shape index (κ2) is 12.0. The highest BCUT2D eigenvalue weighted by Crippen LogP contribution is 2.40. The topological polar surface area (TPSA) is 15.7 Å². The number of rotatable bonds is 14. The standard InChI is InChI=1S/C23H44N2OSi/c1-8-26-27(9-2,20-15-22-13-11-10-12-14-22)21-23(3,16-18-24(4)5)17-19-25(6)7/h10-14H,8-9,15-21H2,1-7H3. The van der Waals surface area contributed by atoms with Gasteiger partial charge < -0.3 is 14.2 Å². The summed E-state index contributed by atoms with van der Waals surface area (Å²) in [6.45, 7) is 10.2. The fraction of sp³-hybridized carbons (Fsp3) is 0.739. The summed E-state index contributed by atoms with van der Waals surface area (Å²) in [7, 11) is 6.99. The molecule has 0 saturated heterocycles. The van der Waals surface area contributed by atoms with Crippen LogP contribution < -0.4 is 0 Å². The van der Waals surface area contributed by atoms with Crippen LogP contribution in [0.1, 0.15) is 39.2 Å². The summed E-state index contributed by atoms with van der Waals surface area (Å²) in [5.74, 6) is 0. The third-order valence-electron chi connectivity index (χ3n) is 5.88. The molecule has 0 bridgehead atoms. The molecule has 1 aromatic rings. The van der Waals surface area contributed by atoms with Gasteiger partial charge in [0.2, 0.25) is 0 Å². The van der Waals surface area contributed by atoms with Gasteiger partial charge in [-0.1, -0.05) is 44.2 Å². The lowest BCUT2D eigenvalue weighted by Gasteiger charge is -2.41. The van der Waals surface area contributed by atoms with Crippen LogP contribution in [0.25, 0.3) is 0 Å². The van der Waals surface area contributed by atoms with Crippen molar-refractivity contribution in [2.75, 3.05) is 47.9 Å². The van der Waals surface area contributed by atoms with Crippen LogP contribution in [0.5, 0.6) is 0 Å². The normalized spacial score (nSPS) is 14.7. The molecule has 0 amide bonds. The Hall–Kier alpha value is -0.683. The van der Waals surface area contributed by atoms with Crippen LogP contribution in [-0.4, -0.2) is 66.0 Å². The average Bonchev–Trinajstić information content (AvgIpc) is 2.64. The number of benzene rings is 1. The maximum atomic E-state index is 6.62. The molecule has 0 heterocycles. The van der Waals surface area contributed by atoms with E-state index in [-0.39, 0.29) is 0 Å². The largest absolute Gasteiger partial charge is 0.417 e. The molecule has 4 heteroatoms. The Kier molecular flexibility index (Phi) is 10.8. The van der Waals surface area contributed by atoms with Gasteiger partial charge in [0, 0.05) is 6.61 Å². The fourth-order valence-electron chi connectivity index (χ4n) is 4.01. The molecule has 0 N–H and O–H groups in total. The Bertz CT molecular complexity index is 494. The lowest BCUT2D eigenvalue weighted by atomic mass is 9.85. The van der Waals surface area contributed by atoms with E-state index in [0.717, 1.165) is 26.1 Å². The minimum Gasteiger partial charge on any atom is -0.417 e. The summed E-state index contributed by atoms with van der Waals surface area (Å²) in [5, 5.41) is 0. The fourth-order valence-corrected chi connectivity index (χ4v) is 8.50. The quantitative estimate of drug-likeness (QED) is 0.408. The zero-order valence-corrected chi connectivity index (χ0v) is 20.1. The van der Waals surface area contributed by atoms with Crippen LogP contribution in [-0.2, 0) is 10.8 Å².